The van der Waals surface area contributed by atoms with Crippen LogP contribution in [0.1, 0.15) is 11.7 Å². The topological polar surface area (TPSA) is 58.6 Å². The number of amides is 1. The molecule has 0 bridgehead atoms. The van der Waals surface area contributed by atoms with Crippen LogP contribution in [0.15, 0.2) is 48.5 Å². The van der Waals surface area contributed by atoms with Crippen LogP contribution >= 0.6 is 11.6 Å². The highest BCUT2D eigenvalue weighted by Crippen LogP contribution is 2.27. The summed E-state index contributed by atoms with van der Waals surface area (Å²) in [6.45, 7) is 0. The minimum Gasteiger partial charge on any atom is -0.506 e. The molecule has 2 aromatic carbocycles. The lowest BCUT2D eigenvalue weighted by molar-refractivity contribution is -0.126. The smallest absolute Gasteiger partial charge is 0.258 e. The Hall–Kier alpha value is -2.04. The molecule has 104 valence electrons. The van der Waals surface area contributed by atoms with Crippen molar-refractivity contribution < 1.29 is 14.6 Å². The second-order valence-electron chi connectivity index (χ2n) is 4.18. The standard InChI is InChI=1S/C15H14ClNO3/c1-20-14(10-5-3-2-4-6-10)15(19)17-11-7-8-12(16)13(18)9-11/h2-9,14,18H,1H3,(H,17,19). The number of methoxy groups -OCH3 is 1. The van der Waals surface area contributed by atoms with E-state index in [0.717, 1.165) is 5.56 Å². The van der Waals surface area contributed by atoms with Crippen LogP contribution in [0.4, 0.5) is 5.69 Å². The van der Waals surface area contributed by atoms with Crippen molar-refractivity contribution in [3.8, 4) is 5.75 Å². The van der Waals surface area contributed by atoms with Gasteiger partial charge >= 0.3 is 0 Å². The third-order valence-electron chi connectivity index (χ3n) is 2.79. The highest BCUT2D eigenvalue weighted by Gasteiger charge is 2.20. The number of carbonyl (C=O) groups excluding carboxylic acids is 1. The number of aromatic hydroxyl groups is 1. The number of phenolic OH excluding ortho intramolecular Hbond substituents is 1. The van der Waals surface area contributed by atoms with Gasteiger partial charge in [-0.15, -0.1) is 0 Å². The number of hydrogen-bond donors (Lipinski definition) is 2. The monoisotopic (exact) mass is 291 g/mol. The van der Waals surface area contributed by atoms with Gasteiger partial charge in [-0.25, -0.2) is 0 Å². The zero-order valence-corrected chi connectivity index (χ0v) is 11.6. The first-order valence-electron chi connectivity index (χ1n) is 5.99. The van der Waals surface area contributed by atoms with Gasteiger partial charge in [0.1, 0.15) is 5.75 Å². The minimum atomic E-state index is -0.714. The lowest BCUT2D eigenvalue weighted by Gasteiger charge is -2.15. The summed E-state index contributed by atoms with van der Waals surface area (Å²) in [5.74, 6) is -0.404. The molecule has 0 saturated heterocycles. The first kappa shape index (κ1) is 14.4. The van der Waals surface area contributed by atoms with E-state index in [4.69, 9.17) is 16.3 Å². The van der Waals surface area contributed by atoms with E-state index in [9.17, 15) is 9.90 Å². The Morgan fingerprint density at radius 1 is 1.25 bits per heavy atom. The molecule has 0 aliphatic heterocycles. The molecule has 0 aliphatic carbocycles. The van der Waals surface area contributed by atoms with Crippen LogP contribution in [-0.4, -0.2) is 18.1 Å². The van der Waals surface area contributed by atoms with Crippen LogP contribution in [0.3, 0.4) is 0 Å². The fraction of sp³-hybridized carbons (Fsp3) is 0.133. The molecule has 0 heterocycles. The van der Waals surface area contributed by atoms with Crippen molar-refractivity contribution in [3.63, 3.8) is 0 Å². The van der Waals surface area contributed by atoms with Gasteiger partial charge in [-0.2, -0.15) is 0 Å². The first-order valence-corrected chi connectivity index (χ1v) is 6.36. The van der Waals surface area contributed by atoms with E-state index in [1.54, 1.807) is 6.07 Å². The Morgan fingerprint density at radius 3 is 2.55 bits per heavy atom. The van der Waals surface area contributed by atoms with Crippen LogP contribution in [0, 0.1) is 0 Å². The predicted octanol–water partition coefficient (Wildman–Crippen LogP) is 3.37. The lowest BCUT2D eigenvalue weighted by Crippen LogP contribution is -2.22. The second kappa shape index (κ2) is 6.41. The average molecular weight is 292 g/mol. The van der Waals surface area contributed by atoms with Crippen LogP contribution in [-0.2, 0) is 9.53 Å². The summed E-state index contributed by atoms with van der Waals surface area (Å²) in [6.07, 6.45) is -0.714. The second-order valence-corrected chi connectivity index (χ2v) is 4.59. The average Bonchev–Trinajstić information content (AvgIpc) is 2.45. The number of rotatable bonds is 4. The number of carbonyl (C=O) groups is 1. The van der Waals surface area contributed by atoms with Gasteiger partial charge in [-0.3, -0.25) is 4.79 Å². The maximum absolute atomic E-state index is 12.2. The number of phenols is 1. The normalized spacial score (nSPS) is 11.9. The van der Waals surface area contributed by atoms with Crippen molar-refractivity contribution in [3.05, 3.63) is 59.1 Å². The fourth-order valence-electron chi connectivity index (χ4n) is 1.82. The summed E-state index contributed by atoms with van der Waals surface area (Å²) in [6, 6.07) is 13.7. The first-order chi connectivity index (χ1) is 9.61. The molecule has 0 aromatic heterocycles. The highest BCUT2D eigenvalue weighted by atomic mass is 35.5. The molecular formula is C15H14ClNO3. The quantitative estimate of drug-likeness (QED) is 0.908. The molecule has 1 atom stereocenters. The molecule has 1 amide bonds. The third-order valence-corrected chi connectivity index (χ3v) is 3.11. The molecule has 2 rings (SSSR count). The summed E-state index contributed by atoms with van der Waals surface area (Å²) < 4.78 is 5.22. The molecule has 2 N–H and O–H groups in total. The van der Waals surface area contributed by atoms with Gasteiger partial charge in [0.15, 0.2) is 6.10 Å². The minimum absolute atomic E-state index is 0.0851. The number of benzene rings is 2. The molecule has 0 saturated carbocycles. The Balaban J connectivity index is 2.15. The zero-order chi connectivity index (χ0) is 14.5. The molecule has 5 heteroatoms. The van der Waals surface area contributed by atoms with Gasteiger partial charge in [0.25, 0.3) is 5.91 Å². The molecule has 0 spiro atoms. The van der Waals surface area contributed by atoms with Gasteiger partial charge in [0.05, 0.1) is 5.02 Å². The summed E-state index contributed by atoms with van der Waals surface area (Å²) >= 11 is 5.72. The highest BCUT2D eigenvalue weighted by molar-refractivity contribution is 6.32. The Labute approximate surface area is 122 Å². The zero-order valence-electron chi connectivity index (χ0n) is 10.8. The van der Waals surface area contributed by atoms with Crippen LogP contribution in [0.2, 0.25) is 5.02 Å². The number of hydrogen-bond acceptors (Lipinski definition) is 3. The van der Waals surface area contributed by atoms with Gasteiger partial charge < -0.3 is 15.2 Å². The predicted molar refractivity (Wildman–Crippen MR) is 77.9 cm³/mol. The van der Waals surface area contributed by atoms with Gasteiger partial charge in [-0.1, -0.05) is 41.9 Å². The van der Waals surface area contributed by atoms with E-state index in [0.29, 0.717) is 5.69 Å². The molecule has 0 fully saturated rings. The van der Waals surface area contributed by atoms with Crippen molar-refractivity contribution in [2.75, 3.05) is 12.4 Å². The van der Waals surface area contributed by atoms with Gasteiger partial charge in [0.2, 0.25) is 0 Å². The van der Waals surface area contributed by atoms with E-state index < -0.39 is 6.10 Å². The maximum atomic E-state index is 12.2. The number of ether oxygens (including phenoxy) is 1. The van der Waals surface area contributed by atoms with E-state index in [-0.39, 0.29) is 16.7 Å². The maximum Gasteiger partial charge on any atom is 0.258 e. The third kappa shape index (κ3) is 3.29. The van der Waals surface area contributed by atoms with Gasteiger partial charge in [0, 0.05) is 18.9 Å². The van der Waals surface area contributed by atoms with Crippen LogP contribution in [0.5, 0.6) is 5.75 Å². The summed E-state index contributed by atoms with van der Waals surface area (Å²) in [5, 5.41) is 12.4. The van der Waals surface area contributed by atoms with E-state index >= 15 is 0 Å². The SMILES string of the molecule is COC(C(=O)Nc1ccc(Cl)c(O)c1)c1ccccc1. The molecular weight excluding hydrogens is 278 g/mol. The number of anilines is 1. The summed E-state index contributed by atoms with van der Waals surface area (Å²) in [4.78, 5) is 12.2. The summed E-state index contributed by atoms with van der Waals surface area (Å²) in [5.41, 5.74) is 1.21. The van der Waals surface area contributed by atoms with Crippen LogP contribution < -0.4 is 5.32 Å². The van der Waals surface area contributed by atoms with Crippen molar-refractivity contribution >= 4 is 23.2 Å². The van der Waals surface area contributed by atoms with Crippen LogP contribution in [0.25, 0.3) is 0 Å². The molecule has 0 radical (unpaired) electrons. The van der Waals surface area contributed by atoms with Crippen molar-refractivity contribution in [2.24, 2.45) is 0 Å². The summed E-state index contributed by atoms with van der Waals surface area (Å²) in [7, 11) is 1.47. The molecule has 0 aliphatic rings. The fourth-order valence-corrected chi connectivity index (χ4v) is 1.94. The van der Waals surface area contributed by atoms with E-state index in [1.165, 1.54) is 19.2 Å². The van der Waals surface area contributed by atoms with Crippen molar-refractivity contribution in [1.82, 2.24) is 0 Å². The largest absolute Gasteiger partial charge is 0.506 e. The molecule has 4 nitrogen and oxygen atoms in total. The Kier molecular flexibility index (Phi) is 4.61. The Morgan fingerprint density at radius 2 is 1.95 bits per heavy atom. The van der Waals surface area contributed by atoms with Crippen molar-refractivity contribution in [2.45, 2.75) is 6.10 Å². The Bertz CT molecular complexity index is 601. The molecule has 1 unspecified atom stereocenters. The number of nitrogens with one attached hydrogen (secondary N) is 1. The molecule has 2 aromatic rings. The molecule has 20 heavy (non-hydrogen) atoms. The lowest BCUT2D eigenvalue weighted by atomic mass is 10.1. The van der Waals surface area contributed by atoms with Gasteiger partial charge in [-0.05, 0) is 17.7 Å². The van der Waals surface area contributed by atoms with Crippen molar-refractivity contribution in [1.29, 1.82) is 0 Å². The number of halogens is 1. The van der Waals surface area contributed by atoms with E-state index in [2.05, 4.69) is 5.32 Å². The van der Waals surface area contributed by atoms with E-state index in [1.807, 2.05) is 30.3 Å².